The van der Waals surface area contributed by atoms with E-state index in [1.807, 2.05) is 0 Å². The number of hydrogen-bond donors (Lipinski definition) is 0. The molecule has 2 saturated heterocycles. The van der Waals surface area contributed by atoms with Crippen LogP contribution in [-0.4, -0.2) is 47.4 Å². The van der Waals surface area contributed by atoms with Gasteiger partial charge >= 0.3 is 0 Å². The second kappa shape index (κ2) is 4.88. The van der Waals surface area contributed by atoms with E-state index in [1.165, 1.54) is 37.9 Å². The zero-order valence-corrected chi connectivity index (χ0v) is 11.9. The fraction of sp³-hybridized carbons (Fsp3) is 0.588. The number of carbonyl (C=O) groups excluding carboxylic acids is 1. The van der Waals surface area contributed by atoms with E-state index in [0.29, 0.717) is 18.0 Å². The van der Waals surface area contributed by atoms with Gasteiger partial charge < -0.3 is 4.90 Å². The van der Waals surface area contributed by atoms with Crippen LogP contribution in [0.15, 0.2) is 36.0 Å². The van der Waals surface area contributed by atoms with Gasteiger partial charge in [0.15, 0.2) is 0 Å². The summed E-state index contributed by atoms with van der Waals surface area (Å²) in [6.45, 7) is 3.33. The summed E-state index contributed by atoms with van der Waals surface area (Å²) in [4.78, 5) is 17.0. The van der Waals surface area contributed by atoms with Crippen molar-refractivity contribution in [3.05, 3.63) is 36.0 Å². The molecule has 0 N–H and O–H groups in total. The van der Waals surface area contributed by atoms with Crippen LogP contribution < -0.4 is 0 Å². The molecule has 20 heavy (non-hydrogen) atoms. The Kier molecular flexibility index (Phi) is 3.03. The predicted octanol–water partition coefficient (Wildman–Crippen LogP) is 2.12. The van der Waals surface area contributed by atoms with E-state index in [1.54, 1.807) is 6.08 Å². The van der Waals surface area contributed by atoms with Gasteiger partial charge in [-0.25, -0.2) is 0 Å². The van der Waals surface area contributed by atoms with Gasteiger partial charge in [-0.1, -0.05) is 30.7 Å². The highest BCUT2D eigenvalue weighted by Crippen LogP contribution is 2.37. The van der Waals surface area contributed by atoms with Gasteiger partial charge in [0.2, 0.25) is 5.91 Å². The number of piperidine rings is 2. The van der Waals surface area contributed by atoms with Crippen LogP contribution in [0.5, 0.6) is 0 Å². The van der Waals surface area contributed by atoms with Gasteiger partial charge in [0, 0.05) is 18.5 Å². The summed E-state index contributed by atoms with van der Waals surface area (Å²) in [6, 6.07) is 0.832. The normalized spacial score (nSPS) is 36.8. The SMILES string of the molecule is O=C1C=CC2C=CC=C3CC(N4CCCCC4)CN1C32. The second-order valence-electron chi connectivity index (χ2n) is 6.45. The molecule has 0 bridgehead atoms. The molecule has 1 amide bonds. The van der Waals surface area contributed by atoms with Gasteiger partial charge in [-0.3, -0.25) is 9.69 Å². The molecule has 1 aliphatic carbocycles. The molecule has 0 aromatic carbocycles. The fourth-order valence-corrected chi connectivity index (χ4v) is 4.25. The Labute approximate surface area is 120 Å². The molecule has 3 heterocycles. The summed E-state index contributed by atoms with van der Waals surface area (Å²) < 4.78 is 0. The van der Waals surface area contributed by atoms with Crippen molar-refractivity contribution in [3.63, 3.8) is 0 Å². The monoisotopic (exact) mass is 270 g/mol. The number of rotatable bonds is 1. The zero-order valence-electron chi connectivity index (χ0n) is 11.9. The van der Waals surface area contributed by atoms with Crippen LogP contribution in [0.1, 0.15) is 25.7 Å². The Bertz CT molecular complexity index is 499. The van der Waals surface area contributed by atoms with E-state index >= 15 is 0 Å². The Morgan fingerprint density at radius 3 is 2.80 bits per heavy atom. The summed E-state index contributed by atoms with van der Waals surface area (Å²) >= 11 is 0. The third-order valence-corrected chi connectivity index (χ3v) is 5.25. The Morgan fingerprint density at radius 1 is 1.10 bits per heavy atom. The molecular formula is C17H22N2O. The smallest absolute Gasteiger partial charge is 0.246 e. The lowest BCUT2D eigenvalue weighted by Gasteiger charge is -2.49. The van der Waals surface area contributed by atoms with Crippen LogP contribution in [0.4, 0.5) is 0 Å². The maximum absolute atomic E-state index is 12.3. The van der Waals surface area contributed by atoms with Gasteiger partial charge in [0.1, 0.15) is 0 Å². The van der Waals surface area contributed by atoms with E-state index in [-0.39, 0.29) is 5.91 Å². The van der Waals surface area contributed by atoms with E-state index in [4.69, 9.17) is 0 Å². The van der Waals surface area contributed by atoms with Crippen LogP contribution >= 0.6 is 0 Å². The van der Waals surface area contributed by atoms with Crippen molar-refractivity contribution < 1.29 is 4.79 Å². The molecule has 2 fully saturated rings. The lowest BCUT2D eigenvalue weighted by molar-refractivity contribution is -0.131. The summed E-state index contributed by atoms with van der Waals surface area (Å²) in [7, 11) is 0. The molecule has 106 valence electrons. The largest absolute Gasteiger partial charge is 0.330 e. The van der Waals surface area contributed by atoms with Crippen molar-refractivity contribution in [1.82, 2.24) is 9.80 Å². The maximum Gasteiger partial charge on any atom is 0.246 e. The van der Waals surface area contributed by atoms with E-state index in [9.17, 15) is 4.79 Å². The second-order valence-corrected chi connectivity index (χ2v) is 6.45. The molecule has 0 saturated carbocycles. The fourth-order valence-electron chi connectivity index (χ4n) is 4.25. The van der Waals surface area contributed by atoms with Gasteiger partial charge in [-0.2, -0.15) is 0 Å². The van der Waals surface area contributed by atoms with E-state index in [0.717, 1.165) is 13.0 Å². The van der Waals surface area contributed by atoms with E-state index in [2.05, 4.69) is 34.1 Å². The predicted molar refractivity (Wildman–Crippen MR) is 79.2 cm³/mol. The Hall–Kier alpha value is -1.35. The maximum atomic E-state index is 12.3. The highest BCUT2D eigenvalue weighted by molar-refractivity contribution is 5.89. The van der Waals surface area contributed by atoms with Crippen molar-refractivity contribution in [2.45, 2.75) is 37.8 Å². The van der Waals surface area contributed by atoms with Gasteiger partial charge in [0.05, 0.1) is 6.04 Å². The number of likely N-dealkylation sites (tertiary alicyclic amines) is 1. The molecular weight excluding hydrogens is 248 g/mol. The first-order chi connectivity index (χ1) is 9.83. The third kappa shape index (κ3) is 1.96. The third-order valence-electron chi connectivity index (χ3n) is 5.25. The van der Waals surface area contributed by atoms with Crippen molar-refractivity contribution in [2.75, 3.05) is 19.6 Å². The molecule has 0 aromatic heterocycles. The first-order valence-electron chi connectivity index (χ1n) is 7.93. The summed E-state index contributed by atoms with van der Waals surface area (Å²) in [5, 5.41) is 0. The van der Waals surface area contributed by atoms with Gasteiger partial charge in [-0.15, -0.1) is 0 Å². The zero-order chi connectivity index (χ0) is 13.5. The summed E-state index contributed by atoms with van der Waals surface area (Å²) in [5.41, 5.74) is 1.46. The average Bonchev–Trinajstić information content (AvgIpc) is 2.51. The molecule has 0 spiro atoms. The molecule has 4 aliphatic rings. The number of nitrogens with zero attached hydrogens (tertiary/aromatic N) is 2. The number of hydrogen-bond acceptors (Lipinski definition) is 2. The summed E-state index contributed by atoms with van der Waals surface area (Å²) in [6.07, 6.45) is 15.6. The number of carbonyl (C=O) groups is 1. The highest BCUT2D eigenvalue weighted by atomic mass is 16.2. The first kappa shape index (κ1) is 12.4. The molecule has 3 atom stereocenters. The highest BCUT2D eigenvalue weighted by Gasteiger charge is 2.41. The minimum absolute atomic E-state index is 0.203. The number of amides is 1. The minimum atomic E-state index is 0.203. The van der Waals surface area contributed by atoms with E-state index < -0.39 is 0 Å². The van der Waals surface area contributed by atoms with Crippen molar-refractivity contribution in [1.29, 1.82) is 0 Å². The lowest BCUT2D eigenvalue weighted by Crippen LogP contribution is -2.58. The standard InChI is InChI=1S/C17H22N2O/c20-16-8-7-13-5-4-6-14-11-15(12-19(16)17(13)14)18-9-2-1-3-10-18/h4-8,13,15,17H,1-3,9-12H2. The molecule has 3 unspecified atom stereocenters. The molecule has 3 aliphatic heterocycles. The molecule has 4 rings (SSSR count). The van der Waals surface area contributed by atoms with Crippen molar-refractivity contribution in [2.24, 2.45) is 5.92 Å². The molecule has 3 nitrogen and oxygen atoms in total. The van der Waals surface area contributed by atoms with Crippen LogP contribution in [-0.2, 0) is 4.79 Å². The average molecular weight is 270 g/mol. The number of allylic oxidation sites excluding steroid dienone is 2. The lowest BCUT2D eigenvalue weighted by atomic mass is 9.78. The molecule has 0 radical (unpaired) electrons. The Morgan fingerprint density at radius 2 is 1.95 bits per heavy atom. The summed E-state index contributed by atoms with van der Waals surface area (Å²) in [5.74, 6) is 0.601. The first-order valence-corrected chi connectivity index (χ1v) is 7.93. The molecule has 3 heteroatoms. The van der Waals surface area contributed by atoms with Crippen LogP contribution in [0, 0.1) is 5.92 Å². The van der Waals surface area contributed by atoms with Crippen molar-refractivity contribution in [3.8, 4) is 0 Å². The Balaban J connectivity index is 1.62. The minimum Gasteiger partial charge on any atom is -0.330 e. The quantitative estimate of drug-likeness (QED) is 0.728. The van der Waals surface area contributed by atoms with Gasteiger partial charge in [0.25, 0.3) is 0 Å². The van der Waals surface area contributed by atoms with Gasteiger partial charge in [-0.05, 0) is 44.0 Å². The van der Waals surface area contributed by atoms with Crippen molar-refractivity contribution >= 4 is 5.91 Å². The van der Waals surface area contributed by atoms with Crippen LogP contribution in [0.25, 0.3) is 0 Å². The van der Waals surface area contributed by atoms with Crippen LogP contribution in [0.3, 0.4) is 0 Å². The van der Waals surface area contributed by atoms with Crippen LogP contribution in [0.2, 0.25) is 0 Å². The molecule has 0 aromatic rings. The topological polar surface area (TPSA) is 23.6 Å².